The van der Waals surface area contributed by atoms with Crippen molar-refractivity contribution < 1.29 is 13.2 Å². The van der Waals surface area contributed by atoms with E-state index in [1.807, 2.05) is 24.3 Å². The topological polar surface area (TPSA) is 79.8 Å². The number of hydrogen-bond acceptors (Lipinski definition) is 4. The average Bonchev–Trinajstić information content (AvgIpc) is 2.88. The summed E-state index contributed by atoms with van der Waals surface area (Å²) in [7, 11) is -1.22. The summed E-state index contributed by atoms with van der Waals surface area (Å²) >= 11 is 0. The Labute approximate surface area is 144 Å². The van der Waals surface area contributed by atoms with Gasteiger partial charge < -0.3 is 15.4 Å². The summed E-state index contributed by atoms with van der Waals surface area (Å²) in [4.78, 5) is 4.16. The van der Waals surface area contributed by atoms with E-state index in [-0.39, 0.29) is 17.5 Å². The van der Waals surface area contributed by atoms with E-state index in [0.29, 0.717) is 31.4 Å². The lowest BCUT2D eigenvalue weighted by atomic mass is 10.2. The van der Waals surface area contributed by atoms with Crippen LogP contribution in [0, 0.1) is 5.92 Å². The van der Waals surface area contributed by atoms with Gasteiger partial charge in [-0.25, -0.2) is 8.42 Å². The molecule has 0 aromatic heterocycles. The normalized spacial score (nSPS) is 20.2. The molecule has 2 N–H and O–H groups in total. The van der Waals surface area contributed by atoms with Crippen molar-refractivity contribution in [3.63, 3.8) is 0 Å². The minimum Gasteiger partial charge on any atom is -0.493 e. The van der Waals surface area contributed by atoms with Crippen molar-refractivity contribution in [2.45, 2.75) is 32.9 Å². The first-order valence-electron chi connectivity index (χ1n) is 8.27. The van der Waals surface area contributed by atoms with E-state index in [4.69, 9.17) is 4.74 Å². The van der Waals surface area contributed by atoms with E-state index in [1.54, 1.807) is 7.05 Å². The van der Waals surface area contributed by atoms with E-state index in [0.717, 1.165) is 11.3 Å². The highest BCUT2D eigenvalue weighted by molar-refractivity contribution is 7.91. The van der Waals surface area contributed by atoms with Crippen LogP contribution in [-0.4, -0.2) is 45.6 Å². The zero-order valence-electron chi connectivity index (χ0n) is 14.6. The summed E-state index contributed by atoms with van der Waals surface area (Å²) in [6.07, 6.45) is 0.627. The molecule has 0 spiro atoms. The summed E-state index contributed by atoms with van der Waals surface area (Å²) in [5.41, 5.74) is 1.08. The van der Waals surface area contributed by atoms with E-state index in [2.05, 4.69) is 29.5 Å². The first kappa shape index (κ1) is 18.6. The molecule has 1 saturated heterocycles. The van der Waals surface area contributed by atoms with Gasteiger partial charge in [0, 0.05) is 19.6 Å². The maximum absolute atomic E-state index is 11.5. The zero-order valence-corrected chi connectivity index (χ0v) is 15.4. The molecule has 1 aliphatic rings. The van der Waals surface area contributed by atoms with E-state index >= 15 is 0 Å². The summed E-state index contributed by atoms with van der Waals surface area (Å²) in [6.45, 7) is 5.52. The maximum Gasteiger partial charge on any atom is 0.191 e. The third-order valence-electron chi connectivity index (χ3n) is 3.74. The monoisotopic (exact) mass is 353 g/mol. The van der Waals surface area contributed by atoms with Crippen LogP contribution < -0.4 is 15.4 Å². The second-order valence-electron chi connectivity index (χ2n) is 6.52. The van der Waals surface area contributed by atoms with Crippen LogP contribution in [0.25, 0.3) is 0 Å². The van der Waals surface area contributed by atoms with Crippen molar-refractivity contribution in [2.75, 3.05) is 25.2 Å². The number of hydrogen-bond donors (Lipinski definition) is 2. The predicted molar refractivity (Wildman–Crippen MR) is 97.2 cm³/mol. The Kier molecular flexibility index (Phi) is 6.48. The fraction of sp³-hybridized carbons (Fsp3) is 0.588. The highest BCUT2D eigenvalue weighted by Gasteiger charge is 2.28. The van der Waals surface area contributed by atoms with Crippen LogP contribution in [0.5, 0.6) is 5.75 Å². The minimum absolute atomic E-state index is 0.0677. The molecule has 0 radical (unpaired) electrons. The number of benzene rings is 1. The van der Waals surface area contributed by atoms with Crippen molar-refractivity contribution >= 4 is 15.8 Å². The summed E-state index contributed by atoms with van der Waals surface area (Å²) in [6, 6.07) is 7.86. The van der Waals surface area contributed by atoms with Gasteiger partial charge in [0.1, 0.15) is 5.75 Å². The summed E-state index contributed by atoms with van der Waals surface area (Å²) in [5.74, 6) is 2.37. The van der Waals surface area contributed by atoms with Gasteiger partial charge in [0.25, 0.3) is 0 Å². The molecular weight excluding hydrogens is 326 g/mol. The second kappa shape index (κ2) is 8.37. The molecule has 7 heteroatoms. The molecule has 0 amide bonds. The van der Waals surface area contributed by atoms with Gasteiger partial charge in [-0.15, -0.1) is 0 Å². The van der Waals surface area contributed by atoms with Crippen molar-refractivity contribution in [3.05, 3.63) is 29.8 Å². The second-order valence-corrected chi connectivity index (χ2v) is 8.75. The van der Waals surface area contributed by atoms with E-state index in [1.165, 1.54) is 0 Å². The van der Waals surface area contributed by atoms with Crippen molar-refractivity contribution in [1.82, 2.24) is 10.6 Å². The van der Waals surface area contributed by atoms with Crippen molar-refractivity contribution in [3.8, 4) is 5.75 Å². The quantitative estimate of drug-likeness (QED) is 0.599. The largest absolute Gasteiger partial charge is 0.493 e. The number of rotatable bonds is 6. The van der Waals surface area contributed by atoms with Gasteiger partial charge >= 0.3 is 0 Å². The van der Waals surface area contributed by atoms with Crippen LogP contribution in [0.1, 0.15) is 25.8 Å². The number of ether oxygens (including phenoxy) is 1. The van der Waals surface area contributed by atoms with E-state index < -0.39 is 9.84 Å². The molecule has 2 rings (SSSR count). The van der Waals surface area contributed by atoms with Crippen LogP contribution in [-0.2, 0) is 16.4 Å². The third-order valence-corrected chi connectivity index (χ3v) is 5.51. The summed E-state index contributed by atoms with van der Waals surface area (Å²) < 4.78 is 28.8. The molecular formula is C17H27N3O3S. The Morgan fingerprint density at radius 1 is 1.42 bits per heavy atom. The molecule has 1 aromatic carbocycles. The Morgan fingerprint density at radius 2 is 2.21 bits per heavy atom. The van der Waals surface area contributed by atoms with Gasteiger partial charge in [0.2, 0.25) is 0 Å². The molecule has 134 valence electrons. The van der Waals surface area contributed by atoms with Crippen molar-refractivity contribution in [1.29, 1.82) is 0 Å². The van der Waals surface area contributed by atoms with Crippen LogP contribution in [0.4, 0.5) is 0 Å². The molecule has 1 unspecified atom stereocenters. The fourth-order valence-corrected chi connectivity index (χ4v) is 4.16. The Balaban J connectivity index is 1.86. The van der Waals surface area contributed by atoms with Crippen LogP contribution in [0.2, 0.25) is 0 Å². The lowest BCUT2D eigenvalue weighted by Gasteiger charge is -2.16. The number of nitrogens with one attached hydrogen (secondary N) is 2. The van der Waals surface area contributed by atoms with E-state index in [9.17, 15) is 8.42 Å². The lowest BCUT2D eigenvalue weighted by molar-refractivity contribution is 0.271. The molecule has 1 heterocycles. The van der Waals surface area contributed by atoms with Gasteiger partial charge in [-0.3, -0.25) is 4.99 Å². The third kappa shape index (κ3) is 6.03. The Bertz CT molecular complexity index is 671. The molecule has 1 aliphatic heterocycles. The molecule has 0 bridgehead atoms. The van der Waals surface area contributed by atoms with Gasteiger partial charge in [-0.1, -0.05) is 26.0 Å². The predicted octanol–water partition coefficient (Wildman–Crippen LogP) is 1.57. The van der Waals surface area contributed by atoms with Crippen LogP contribution in [0.3, 0.4) is 0 Å². The molecule has 6 nitrogen and oxygen atoms in total. The highest BCUT2D eigenvalue weighted by atomic mass is 32.2. The van der Waals surface area contributed by atoms with Gasteiger partial charge in [0.05, 0.1) is 18.1 Å². The van der Waals surface area contributed by atoms with Gasteiger partial charge in [0.15, 0.2) is 15.8 Å². The number of aliphatic imine (C=N–C) groups is 1. The lowest BCUT2D eigenvalue weighted by Crippen LogP contribution is -2.43. The highest BCUT2D eigenvalue weighted by Crippen LogP contribution is 2.14. The van der Waals surface area contributed by atoms with Gasteiger partial charge in [-0.2, -0.15) is 0 Å². The maximum atomic E-state index is 11.5. The number of guanidine groups is 1. The number of sulfone groups is 1. The molecule has 0 aliphatic carbocycles. The molecule has 1 fully saturated rings. The molecule has 1 atom stereocenters. The SMILES string of the molecule is CN=C(NCc1cccc(OCC(C)C)c1)NC1CCS(=O)(=O)C1. The molecule has 24 heavy (non-hydrogen) atoms. The standard InChI is InChI=1S/C17H27N3O3S/c1-13(2)11-23-16-6-4-5-14(9-16)10-19-17(18-3)20-15-7-8-24(21,22)12-15/h4-6,9,13,15H,7-8,10-12H2,1-3H3,(H2,18,19,20). The Hall–Kier alpha value is -1.76. The zero-order chi connectivity index (χ0) is 17.6. The Morgan fingerprint density at radius 3 is 2.83 bits per heavy atom. The van der Waals surface area contributed by atoms with Crippen LogP contribution >= 0.6 is 0 Å². The first-order valence-corrected chi connectivity index (χ1v) is 10.1. The average molecular weight is 353 g/mol. The number of nitrogens with zero attached hydrogens (tertiary/aromatic N) is 1. The summed E-state index contributed by atoms with van der Waals surface area (Å²) in [5, 5.41) is 6.40. The molecule has 0 saturated carbocycles. The minimum atomic E-state index is -2.90. The fourth-order valence-electron chi connectivity index (χ4n) is 2.49. The van der Waals surface area contributed by atoms with Crippen LogP contribution in [0.15, 0.2) is 29.3 Å². The van der Waals surface area contributed by atoms with Crippen molar-refractivity contribution in [2.24, 2.45) is 10.9 Å². The molecule has 1 aromatic rings. The first-order chi connectivity index (χ1) is 11.4. The smallest absolute Gasteiger partial charge is 0.191 e. The van der Waals surface area contributed by atoms with Gasteiger partial charge in [-0.05, 0) is 30.0 Å².